The predicted octanol–water partition coefficient (Wildman–Crippen LogP) is 8.73. The summed E-state index contributed by atoms with van der Waals surface area (Å²) in [6.07, 6.45) is 8.31. The molecule has 1 nitrogen and oxygen atoms in total. The normalized spacial score (nSPS) is 12.7. The molecule has 1 aromatic carbocycles. The number of nitrogens with zero attached hydrogens (tertiary/aromatic N) is 1. The lowest BCUT2D eigenvalue weighted by Crippen LogP contribution is -1.73. The largest absolute Gasteiger partial charge is 0.192 e. The van der Waals surface area contributed by atoms with Crippen molar-refractivity contribution in [1.82, 2.24) is 0 Å². The van der Waals surface area contributed by atoms with Crippen LogP contribution in [0.2, 0.25) is 0 Å². The minimum absolute atomic E-state index is 0.718. The summed E-state index contributed by atoms with van der Waals surface area (Å²) in [5.41, 5.74) is 1.99. The van der Waals surface area contributed by atoms with Gasteiger partial charge in [-0.2, -0.15) is 5.26 Å². The van der Waals surface area contributed by atoms with E-state index in [0.29, 0.717) is 0 Å². The number of rotatable bonds is 5. The van der Waals surface area contributed by atoms with Gasteiger partial charge in [-0.1, -0.05) is 48.6 Å². The highest BCUT2D eigenvalue weighted by Gasteiger charge is 2.15. The third kappa shape index (κ3) is 4.04. The van der Waals surface area contributed by atoms with E-state index in [2.05, 4.69) is 67.6 Å². The fourth-order valence-corrected chi connectivity index (χ4v) is 6.19. The smallest absolute Gasteiger partial charge is 0.101 e. The summed E-state index contributed by atoms with van der Waals surface area (Å²) in [7, 11) is 0. The second kappa shape index (κ2) is 8.75. The molecule has 0 atom stereocenters. The van der Waals surface area contributed by atoms with Crippen molar-refractivity contribution in [3.63, 3.8) is 0 Å². The predicted molar refractivity (Wildman–Crippen MR) is 131 cm³/mol. The summed E-state index contributed by atoms with van der Waals surface area (Å²) in [5.74, 6) is 0. The van der Waals surface area contributed by atoms with Gasteiger partial charge < -0.3 is 0 Å². The SMILES string of the molecule is C/C=C\C=C(/C)c1sc(-c2ccc(/C=C(\C#N)c3cccs3)s2)c2ccccc12. The van der Waals surface area contributed by atoms with Gasteiger partial charge in [0, 0.05) is 30.3 Å². The van der Waals surface area contributed by atoms with Crippen LogP contribution >= 0.6 is 34.0 Å². The van der Waals surface area contributed by atoms with Crippen molar-refractivity contribution < 1.29 is 0 Å². The molecule has 0 fully saturated rings. The lowest BCUT2D eigenvalue weighted by atomic mass is 10.1. The molecule has 0 saturated heterocycles. The van der Waals surface area contributed by atoms with E-state index in [4.69, 9.17) is 0 Å². The summed E-state index contributed by atoms with van der Waals surface area (Å²) in [6, 6.07) is 19.2. The highest BCUT2D eigenvalue weighted by atomic mass is 32.1. The summed E-state index contributed by atoms with van der Waals surface area (Å²) in [5, 5.41) is 14.1. The standard InChI is InChI=1S/C25H19NS3/c1-3-4-8-17(2)24-20-9-5-6-10-21(20)25(29-24)23-13-12-19(28-23)15-18(16-26)22-11-7-14-27-22/h3-15H,1-2H3/b4-3-,17-8+,18-15+. The minimum Gasteiger partial charge on any atom is -0.192 e. The monoisotopic (exact) mass is 429 g/mol. The van der Waals surface area contributed by atoms with E-state index < -0.39 is 0 Å². The molecule has 0 radical (unpaired) electrons. The van der Waals surface area contributed by atoms with Crippen LogP contribution in [0.1, 0.15) is 28.5 Å². The Morgan fingerprint density at radius 1 is 1.00 bits per heavy atom. The Morgan fingerprint density at radius 3 is 2.55 bits per heavy atom. The van der Waals surface area contributed by atoms with Crippen LogP contribution in [-0.4, -0.2) is 0 Å². The third-order valence-electron chi connectivity index (χ3n) is 4.56. The highest BCUT2D eigenvalue weighted by molar-refractivity contribution is 7.24. The number of allylic oxidation sites excluding steroid dienone is 5. The van der Waals surface area contributed by atoms with Crippen molar-refractivity contribution in [2.24, 2.45) is 0 Å². The van der Waals surface area contributed by atoms with Crippen LogP contribution in [0.5, 0.6) is 0 Å². The average molecular weight is 430 g/mol. The van der Waals surface area contributed by atoms with E-state index in [9.17, 15) is 5.26 Å². The maximum absolute atomic E-state index is 9.54. The molecule has 3 aromatic heterocycles. The Labute approximate surface area is 183 Å². The Hall–Kier alpha value is -2.71. The summed E-state index contributed by atoms with van der Waals surface area (Å²) in [4.78, 5) is 5.96. The maximum Gasteiger partial charge on any atom is 0.101 e. The topological polar surface area (TPSA) is 23.8 Å². The number of hydrogen-bond acceptors (Lipinski definition) is 4. The average Bonchev–Trinajstić information content (AvgIpc) is 3.49. The van der Waals surface area contributed by atoms with Crippen molar-refractivity contribution in [3.8, 4) is 15.8 Å². The molecule has 29 heavy (non-hydrogen) atoms. The molecule has 0 saturated carbocycles. The van der Waals surface area contributed by atoms with E-state index in [1.165, 1.54) is 31.0 Å². The molecule has 0 aliphatic heterocycles. The molecular formula is C25H19NS3. The Kier molecular flexibility index (Phi) is 5.92. The molecule has 0 bridgehead atoms. The fraction of sp³-hybridized carbons (Fsp3) is 0.0800. The molecule has 142 valence electrons. The number of hydrogen-bond donors (Lipinski definition) is 0. The zero-order valence-electron chi connectivity index (χ0n) is 16.2. The second-order valence-corrected chi connectivity index (χ2v) is 9.61. The van der Waals surface area contributed by atoms with Crippen LogP contribution in [0, 0.1) is 11.3 Å². The minimum atomic E-state index is 0.718. The van der Waals surface area contributed by atoms with Crippen LogP contribution in [0.15, 0.2) is 72.1 Å². The zero-order valence-corrected chi connectivity index (χ0v) is 18.6. The first-order valence-corrected chi connectivity index (χ1v) is 11.8. The van der Waals surface area contributed by atoms with Crippen molar-refractivity contribution in [1.29, 1.82) is 5.26 Å². The van der Waals surface area contributed by atoms with Crippen molar-refractivity contribution in [3.05, 3.63) is 86.8 Å². The second-order valence-electron chi connectivity index (χ2n) is 6.53. The number of fused-ring (bicyclic) bond motifs is 1. The van der Waals surface area contributed by atoms with Crippen LogP contribution in [0.3, 0.4) is 0 Å². The molecule has 0 amide bonds. The Balaban J connectivity index is 1.78. The van der Waals surface area contributed by atoms with Crippen molar-refractivity contribution in [2.75, 3.05) is 0 Å². The molecule has 3 heterocycles. The molecule has 0 unspecified atom stereocenters. The van der Waals surface area contributed by atoms with E-state index >= 15 is 0 Å². The van der Waals surface area contributed by atoms with Gasteiger partial charge in [-0.25, -0.2) is 0 Å². The summed E-state index contributed by atoms with van der Waals surface area (Å²) < 4.78 is 0. The van der Waals surface area contributed by atoms with Gasteiger partial charge in [0.1, 0.15) is 6.07 Å². The van der Waals surface area contributed by atoms with Crippen LogP contribution < -0.4 is 0 Å². The van der Waals surface area contributed by atoms with Gasteiger partial charge in [0.25, 0.3) is 0 Å². The van der Waals surface area contributed by atoms with Gasteiger partial charge in [0.15, 0.2) is 0 Å². The molecular weight excluding hydrogens is 410 g/mol. The molecule has 4 heteroatoms. The summed E-state index contributed by atoms with van der Waals surface area (Å²) >= 11 is 5.18. The number of benzene rings is 1. The molecule has 0 aliphatic rings. The zero-order chi connectivity index (χ0) is 20.2. The Morgan fingerprint density at radius 2 is 1.83 bits per heavy atom. The van der Waals surface area contributed by atoms with Crippen LogP contribution in [-0.2, 0) is 0 Å². The van der Waals surface area contributed by atoms with Crippen LogP contribution in [0.25, 0.3) is 37.7 Å². The van der Waals surface area contributed by atoms with Gasteiger partial charge in [-0.3, -0.25) is 0 Å². The van der Waals surface area contributed by atoms with Gasteiger partial charge in [-0.05, 0) is 49.1 Å². The van der Waals surface area contributed by atoms with Gasteiger partial charge in [-0.15, -0.1) is 34.0 Å². The first-order chi connectivity index (χ1) is 14.2. The van der Waals surface area contributed by atoms with E-state index in [1.807, 2.05) is 41.8 Å². The van der Waals surface area contributed by atoms with Crippen LogP contribution in [0.4, 0.5) is 0 Å². The van der Waals surface area contributed by atoms with E-state index in [1.54, 1.807) is 22.7 Å². The molecule has 4 aromatic rings. The van der Waals surface area contributed by atoms with Gasteiger partial charge in [0.2, 0.25) is 0 Å². The number of nitriles is 1. The molecule has 0 spiro atoms. The highest BCUT2D eigenvalue weighted by Crippen LogP contribution is 2.44. The fourth-order valence-electron chi connectivity index (χ4n) is 3.17. The first-order valence-electron chi connectivity index (χ1n) is 9.28. The number of thiophene rings is 3. The lowest BCUT2D eigenvalue weighted by molar-refractivity contribution is 1.54. The molecule has 0 N–H and O–H groups in total. The van der Waals surface area contributed by atoms with E-state index in [-0.39, 0.29) is 0 Å². The summed E-state index contributed by atoms with van der Waals surface area (Å²) in [6.45, 7) is 4.21. The van der Waals surface area contributed by atoms with Gasteiger partial charge in [0.05, 0.1) is 10.5 Å². The third-order valence-corrected chi connectivity index (χ3v) is 8.03. The molecule has 0 aliphatic carbocycles. The lowest BCUT2D eigenvalue weighted by Gasteiger charge is -1.97. The van der Waals surface area contributed by atoms with E-state index in [0.717, 1.165) is 15.3 Å². The van der Waals surface area contributed by atoms with Gasteiger partial charge >= 0.3 is 0 Å². The molecule has 4 rings (SSSR count). The van der Waals surface area contributed by atoms with Crippen molar-refractivity contribution in [2.45, 2.75) is 13.8 Å². The first kappa shape index (κ1) is 19.6. The quantitative estimate of drug-likeness (QED) is 0.230. The Bertz CT molecular complexity index is 1270. The van der Waals surface area contributed by atoms with Crippen molar-refractivity contribution >= 4 is 62.0 Å². The maximum atomic E-state index is 9.54.